The molecule has 3 saturated heterocycles. The van der Waals surface area contributed by atoms with Gasteiger partial charge in [-0.25, -0.2) is 0 Å². The first-order chi connectivity index (χ1) is 19.4. The Morgan fingerprint density at radius 1 is 0.878 bits per heavy atom. The van der Waals surface area contributed by atoms with E-state index in [1.54, 1.807) is 25.8 Å². The molecule has 3 rings (SSSR count). The van der Waals surface area contributed by atoms with Gasteiger partial charge in [-0.15, -0.1) is 0 Å². The van der Waals surface area contributed by atoms with Crippen LogP contribution < -0.4 is 16.8 Å². The summed E-state index contributed by atoms with van der Waals surface area (Å²) in [5.41, 5.74) is 11.9. The van der Waals surface area contributed by atoms with Gasteiger partial charge in [-0.1, -0.05) is 6.92 Å². The summed E-state index contributed by atoms with van der Waals surface area (Å²) in [7, 11) is 1.66. The highest BCUT2D eigenvalue weighted by atomic mass is 16.7. The van der Waals surface area contributed by atoms with Gasteiger partial charge in [0.15, 0.2) is 12.6 Å². The van der Waals surface area contributed by atoms with Crippen molar-refractivity contribution in [3.63, 3.8) is 0 Å². The second-order valence-electron chi connectivity index (χ2n) is 11.1. The molecule has 16 heteroatoms. The van der Waals surface area contributed by atoms with Crippen LogP contribution >= 0.6 is 0 Å². The van der Waals surface area contributed by atoms with Crippen molar-refractivity contribution in [1.82, 2.24) is 10.2 Å². The molecular formula is C25H48N4O12. The number of rotatable bonds is 11. The summed E-state index contributed by atoms with van der Waals surface area (Å²) in [6, 6.07) is -2.87. The molecule has 1 amide bonds. The number of nitrogens with one attached hydrogen (secondary N) is 1. The molecule has 16 nitrogen and oxygen atoms in total. The fraction of sp³-hybridized carbons (Fsp3) is 0.960. The molecule has 0 aromatic carbocycles. The molecule has 11 N–H and O–H groups in total. The molecule has 41 heavy (non-hydrogen) atoms. The van der Waals surface area contributed by atoms with Crippen molar-refractivity contribution in [2.45, 2.75) is 106 Å². The highest BCUT2D eigenvalue weighted by molar-refractivity contribution is 5.73. The smallest absolute Gasteiger partial charge is 0.217 e. The zero-order valence-electron chi connectivity index (χ0n) is 23.9. The van der Waals surface area contributed by atoms with E-state index in [2.05, 4.69) is 5.32 Å². The van der Waals surface area contributed by atoms with Crippen molar-refractivity contribution in [3.8, 4) is 0 Å². The van der Waals surface area contributed by atoms with E-state index in [4.69, 9.17) is 35.2 Å². The zero-order valence-corrected chi connectivity index (χ0v) is 23.9. The largest absolute Gasteiger partial charge is 0.394 e. The minimum atomic E-state index is -1.42. The lowest BCUT2D eigenvalue weighted by Gasteiger charge is -2.51. The maximum Gasteiger partial charge on any atom is 0.217 e. The third kappa shape index (κ3) is 7.53. The monoisotopic (exact) mass is 596 g/mol. The number of aliphatic hydroxyl groups is 6. The molecule has 0 aromatic rings. The Morgan fingerprint density at radius 3 is 1.98 bits per heavy atom. The molecule has 6 unspecified atom stereocenters. The van der Waals surface area contributed by atoms with E-state index in [1.807, 2.05) is 0 Å². The van der Waals surface area contributed by atoms with Gasteiger partial charge in [0.25, 0.3) is 0 Å². The zero-order chi connectivity index (χ0) is 30.6. The summed E-state index contributed by atoms with van der Waals surface area (Å²) in [6.45, 7) is 3.50. The second kappa shape index (κ2) is 15.1. The van der Waals surface area contributed by atoms with E-state index in [9.17, 15) is 35.4 Å². The third-order valence-electron chi connectivity index (χ3n) is 8.25. The molecule has 0 saturated carbocycles. The van der Waals surface area contributed by atoms with Gasteiger partial charge in [0.05, 0.1) is 50.2 Å². The summed E-state index contributed by atoms with van der Waals surface area (Å²) in [4.78, 5) is 13.6. The number of aliphatic hydroxyl groups excluding tert-OH is 6. The van der Waals surface area contributed by atoms with Gasteiger partial charge in [-0.05, 0) is 14.0 Å². The normalized spacial score (nSPS) is 45.5. The fourth-order valence-corrected chi connectivity index (χ4v) is 5.74. The van der Waals surface area contributed by atoms with Gasteiger partial charge in [-0.2, -0.15) is 0 Å². The Kier molecular flexibility index (Phi) is 12.6. The second-order valence-corrected chi connectivity index (χ2v) is 11.1. The first-order valence-electron chi connectivity index (χ1n) is 14.0. The minimum absolute atomic E-state index is 0.205. The van der Waals surface area contributed by atoms with Gasteiger partial charge in [-0.3, -0.25) is 9.69 Å². The van der Waals surface area contributed by atoms with Crippen molar-refractivity contribution >= 4 is 5.91 Å². The number of carbonyl (C=O) groups is 1. The average molecular weight is 597 g/mol. The van der Waals surface area contributed by atoms with Crippen molar-refractivity contribution in [2.75, 3.05) is 40.0 Å². The van der Waals surface area contributed by atoms with Crippen LogP contribution in [-0.2, 0) is 28.5 Å². The van der Waals surface area contributed by atoms with Crippen LogP contribution in [0.3, 0.4) is 0 Å². The van der Waals surface area contributed by atoms with Crippen LogP contribution in [0.5, 0.6) is 0 Å². The topological polar surface area (TPSA) is 252 Å². The number of nitrogens with zero attached hydrogens (tertiary/aromatic N) is 1. The molecular weight excluding hydrogens is 548 g/mol. The molecule has 3 aliphatic rings. The maximum atomic E-state index is 11.9. The van der Waals surface area contributed by atoms with Crippen LogP contribution in [0, 0.1) is 5.92 Å². The SMILES string of the molecule is CC(=O)NC1[C@H](O[C@@H]2C(CO)O[C@@H](O[C@@H]3C(CO)O[C@@H](C)C(N)[C@H]3O)C(N(C)CCN)[C@H]2O)OC(CO)[C@H](C)[C@@H]1O. The highest BCUT2D eigenvalue weighted by Crippen LogP contribution is 2.34. The number of hydrogen-bond donors (Lipinski definition) is 9. The highest BCUT2D eigenvalue weighted by Gasteiger charge is 2.54. The lowest BCUT2D eigenvalue weighted by molar-refractivity contribution is -0.351. The molecule has 3 heterocycles. The molecule has 0 aliphatic carbocycles. The number of amides is 1. The number of carbonyl (C=O) groups excluding carboxylic acids is 1. The van der Waals surface area contributed by atoms with Crippen LogP contribution in [0.25, 0.3) is 0 Å². The number of ether oxygens (including phenoxy) is 5. The van der Waals surface area contributed by atoms with Gasteiger partial charge in [0, 0.05) is 25.9 Å². The maximum absolute atomic E-state index is 11.9. The van der Waals surface area contributed by atoms with E-state index in [1.165, 1.54) is 6.92 Å². The fourth-order valence-electron chi connectivity index (χ4n) is 5.74. The summed E-state index contributed by atoms with van der Waals surface area (Å²) in [5, 5.41) is 65.9. The van der Waals surface area contributed by atoms with Gasteiger partial charge in [0.1, 0.15) is 42.7 Å². The predicted molar refractivity (Wildman–Crippen MR) is 141 cm³/mol. The minimum Gasteiger partial charge on any atom is -0.394 e. The predicted octanol–water partition coefficient (Wildman–Crippen LogP) is -5.22. The van der Waals surface area contributed by atoms with E-state index >= 15 is 0 Å². The van der Waals surface area contributed by atoms with E-state index < -0.39 is 117 Å². The summed E-state index contributed by atoms with van der Waals surface area (Å²) >= 11 is 0. The molecule has 3 aliphatic heterocycles. The Bertz CT molecular complexity index is 829. The molecule has 0 aromatic heterocycles. The number of nitrogens with two attached hydrogens (primary N) is 2. The molecule has 0 bridgehead atoms. The average Bonchev–Trinajstić information content (AvgIpc) is 2.93. The van der Waals surface area contributed by atoms with Crippen molar-refractivity contribution in [1.29, 1.82) is 0 Å². The first-order valence-corrected chi connectivity index (χ1v) is 14.0. The summed E-state index contributed by atoms with van der Waals surface area (Å²) in [5.74, 6) is -1.02. The Hall–Kier alpha value is -1.09. The number of likely N-dealkylation sites (N-methyl/N-ethyl adjacent to an activating group) is 1. The molecule has 0 spiro atoms. The van der Waals surface area contributed by atoms with Crippen LogP contribution in [0.4, 0.5) is 0 Å². The van der Waals surface area contributed by atoms with Gasteiger partial charge in [0.2, 0.25) is 5.91 Å². The third-order valence-corrected chi connectivity index (χ3v) is 8.25. The Morgan fingerprint density at radius 2 is 1.41 bits per heavy atom. The van der Waals surface area contributed by atoms with Crippen LogP contribution in [-0.4, -0.2) is 167 Å². The van der Waals surface area contributed by atoms with E-state index in [0.29, 0.717) is 0 Å². The number of hydrogen-bond acceptors (Lipinski definition) is 15. The van der Waals surface area contributed by atoms with Crippen LogP contribution in [0.1, 0.15) is 20.8 Å². The van der Waals surface area contributed by atoms with E-state index in [0.717, 1.165) is 0 Å². The molecule has 15 atom stereocenters. The lowest BCUT2D eigenvalue weighted by atomic mass is 9.89. The van der Waals surface area contributed by atoms with Crippen LogP contribution in [0.2, 0.25) is 0 Å². The molecule has 3 fully saturated rings. The van der Waals surface area contributed by atoms with Gasteiger partial charge >= 0.3 is 0 Å². The van der Waals surface area contributed by atoms with Crippen LogP contribution in [0.15, 0.2) is 0 Å². The Balaban J connectivity index is 1.90. The quantitative estimate of drug-likeness (QED) is 0.108. The van der Waals surface area contributed by atoms with Crippen molar-refractivity contribution < 1.29 is 59.1 Å². The lowest BCUT2D eigenvalue weighted by Crippen LogP contribution is -2.70. The summed E-state index contributed by atoms with van der Waals surface area (Å²) < 4.78 is 29.9. The first kappa shape index (κ1) is 34.4. The Labute approximate surface area is 239 Å². The van der Waals surface area contributed by atoms with Crippen molar-refractivity contribution in [2.24, 2.45) is 17.4 Å². The van der Waals surface area contributed by atoms with E-state index in [-0.39, 0.29) is 13.1 Å². The molecule has 0 radical (unpaired) electrons. The van der Waals surface area contributed by atoms with Gasteiger partial charge < -0.3 is 71.1 Å². The molecule has 240 valence electrons. The van der Waals surface area contributed by atoms with Crippen molar-refractivity contribution in [3.05, 3.63) is 0 Å². The standard InChI is InChI=1S/C25H48N4O12/c1-10-13(7-30)38-24(17(19(10)34)28-12(3)33)40-23-15(9-32)39-25(18(21(23)36)29(4)6-5-26)41-22-14(8-31)37-11(2)16(27)20(22)35/h10-11,13-25,30-32,34-36H,5-9,26-27H2,1-4H3,(H,28,33)/t10-,11-,13?,14?,15?,16?,17?,18?,19-,20+,21+,22+,23+,24-,25-/m0/s1. The summed E-state index contributed by atoms with van der Waals surface area (Å²) in [6.07, 6.45) is -12.4.